The second-order valence-corrected chi connectivity index (χ2v) is 27.8. The monoisotopic (exact) mass is 1340 g/mol. The molecule has 3 N–H and O–H groups in total. The molecule has 0 aliphatic rings. The van der Waals surface area contributed by atoms with E-state index in [0.29, 0.717) is 25.7 Å². The van der Waals surface area contributed by atoms with Gasteiger partial charge in [-0.3, -0.25) is 37.3 Å². The van der Waals surface area contributed by atoms with Crippen LogP contribution in [0, 0.1) is 0 Å². The molecule has 538 valence electrons. The zero-order valence-electron chi connectivity index (χ0n) is 58.5. The molecule has 17 nitrogen and oxygen atoms in total. The summed E-state index contributed by atoms with van der Waals surface area (Å²) in [6.07, 6.45) is 61.1. The van der Waals surface area contributed by atoms with Crippen LogP contribution in [0.5, 0.6) is 0 Å². The molecule has 0 amide bonds. The van der Waals surface area contributed by atoms with Crippen molar-refractivity contribution in [3.05, 3.63) is 48.6 Å². The van der Waals surface area contributed by atoms with Gasteiger partial charge >= 0.3 is 39.5 Å². The molecule has 0 saturated carbocycles. The molecule has 0 saturated heterocycles. The van der Waals surface area contributed by atoms with E-state index in [1.54, 1.807) is 0 Å². The Labute approximate surface area is 559 Å². The van der Waals surface area contributed by atoms with Crippen LogP contribution in [0.25, 0.3) is 0 Å². The normalized spacial score (nSPS) is 14.3. The molecule has 0 aliphatic carbocycles. The molecule has 0 rings (SSSR count). The number of unbranched alkanes of at least 4 members (excludes halogenated alkanes) is 36. The smallest absolute Gasteiger partial charge is 0.462 e. The van der Waals surface area contributed by atoms with Gasteiger partial charge in [0.25, 0.3) is 0 Å². The third-order valence-electron chi connectivity index (χ3n) is 15.7. The van der Waals surface area contributed by atoms with Crippen molar-refractivity contribution in [1.29, 1.82) is 0 Å². The van der Waals surface area contributed by atoms with E-state index >= 15 is 0 Å². The van der Waals surface area contributed by atoms with Crippen molar-refractivity contribution < 1.29 is 80.2 Å². The number of esters is 4. The molecule has 0 aromatic rings. The maximum atomic E-state index is 13.0. The van der Waals surface area contributed by atoms with Crippen molar-refractivity contribution in [1.82, 2.24) is 0 Å². The lowest BCUT2D eigenvalue weighted by Gasteiger charge is -2.21. The first-order valence-corrected chi connectivity index (χ1v) is 39.9. The quantitative estimate of drug-likeness (QED) is 0.0169. The summed E-state index contributed by atoms with van der Waals surface area (Å²) >= 11 is 0. The zero-order chi connectivity index (χ0) is 67.5. The molecule has 0 aromatic carbocycles. The van der Waals surface area contributed by atoms with E-state index in [1.807, 2.05) is 0 Å². The number of phosphoric ester groups is 2. The lowest BCUT2D eigenvalue weighted by Crippen LogP contribution is -2.30. The highest BCUT2D eigenvalue weighted by molar-refractivity contribution is 7.47. The molecule has 4 atom stereocenters. The first kappa shape index (κ1) is 89.0. The third-order valence-corrected chi connectivity index (χ3v) is 17.6. The van der Waals surface area contributed by atoms with Crippen molar-refractivity contribution in [3.8, 4) is 0 Å². The lowest BCUT2D eigenvalue weighted by molar-refractivity contribution is -0.161. The van der Waals surface area contributed by atoms with Crippen LogP contribution in [0.2, 0.25) is 0 Å². The number of phosphoric acid groups is 2. The Kier molecular flexibility index (Phi) is 64.5. The van der Waals surface area contributed by atoms with Crippen molar-refractivity contribution in [3.63, 3.8) is 0 Å². The van der Waals surface area contributed by atoms with Gasteiger partial charge in [-0.05, 0) is 128 Å². The number of hydrogen-bond donors (Lipinski definition) is 3. The summed E-state index contributed by atoms with van der Waals surface area (Å²) in [6.45, 7) is 4.81. The van der Waals surface area contributed by atoms with Crippen LogP contribution < -0.4 is 0 Å². The van der Waals surface area contributed by atoms with Crippen molar-refractivity contribution >= 4 is 39.5 Å². The molecule has 0 fully saturated rings. The van der Waals surface area contributed by atoms with Crippen LogP contribution in [0.1, 0.15) is 336 Å². The zero-order valence-corrected chi connectivity index (χ0v) is 60.3. The Balaban J connectivity index is 5.32. The Morgan fingerprint density at radius 2 is 0.500 bits per heavy atom. The number of ether oxygens (including phenoxy) is 4. The van der Waals surface area contributed by atoms with E-state index in [2.05, 4.69) is 76.3 Å². The molecule has 0 aromatic heterocycles. The van der Waals surface area contributed by atoms with Crippen molar-refractivity contribution in [2.45, 2.75) is 354 Å². The van der Waals surface area contributed by atoms with E-state index in [-0.39, 0.29) is 25.7 Å². The number of carbonyl (C=O) groups excluding carboxylic acids is 4. The van der Waals surface area contributed by atoms with Gasteiger partial charge < -0.3 is 33.8 Å². The number of aliphatic hydroxyl groups is 1. The number of allylic oxidation sites excluding steroid dienone is 8. The molecule has 0 aliphatic heterocycles. The fourth-order valence-electron chi connectivity index (χ4n) is 10.0. The maximum Gasteiger partial charge on any atom is 0.472 e. The van der Waals surface area contributed by atoms with Crippen LogP contribution in [0.15, 0.2) is 48.6 Å². The highest BCUT2D eigenvalue weighted by Gasteiger charge is 2.30. The molecule has 19 heteroatoms. The maximum absolute atomic E-state index is 13.0. The lowest BCUT2D eigenvalue weighted by atomic mass is 10.1. The van der Waals surface area contributed by atoms with E-state index in [1.165, 1.54) is 103 Å². The SMILES string of the molecule is CCCCCCC=CCCCCCCCC(=O)OC[C@H](COP(=O)(O)OCC(O)COP(=O)(O)OC[C@@H](COC(=O)CCCCCCCC=CCCCCCC)OC(=O)CCCCCCCC=CCCCCCC)OC(=O)CCCCCCCC=CCCCCCC. The minimum atomic E-state index is -4.96. The number of hydrogen-bond acceptors (Lipinski definition) is 15. The van der Waals surface area contributed by atoms with Gasteiger partial charge in [0, 0.05) is 25.7 Å². The summed E-state index contributed by atoms with van der Waals surface area (Å²) in [7, 11) is -9.93. The summed E-state index contributed by atoms with van der Waals surface area (Å²) in [5.41, 5.74) is 0. The van der Waals surface area contributed by atoms with Gasteiger partial charge in [-0.1, -0.05) is 230 Å². The summed E-state index contributed by atoms with van der Waals surface area (Å²) in [5, 5.41) is 10.6. The average molecular weight is 1350 g/mol. The van der Waals surface area contributed by atoms with Gasteiger partial charge in [-0.2, -0.15) is 0 Å². The molecular weight excluding hydrogens is 1210 g/mol. The minimum Gasteiger partial charge on any atom is -0.462 e. The average Bonchev–Trinajstić information content (AvgIpc) is 3.63. The second-order valence-electron chi connectivity index (χ2n) is 24.9. The Hall–Kier alpha value is -2.98. The first-order chi connectivity index (χ1) is 44.7. The summed E-state index contributed by atoms with van der Waals surface area (Å²) < 4.78 is 68.3. The molecule has 2 unspecified atom stereocenters. The van der Waals surface area contributed by atoms with Gasteiger partial charge in [0.15, 0.2) is 12.2 Å². The van der Waals surface area contributed by atoms with Crippen LogP contribution in [-0.2, 0) is 65.4 Å². The van der Waals surface area contributed by atoms with Crippen LogP contribution in [0.4, 0.5) is 0 Å². The minimum absolute atomic E-state index is 0.0877. The third kappa shape index (κ3) is 65.7. The predicted molar refractivity (Wildman–Crippen MR) is 372 cm³/mol. The van der Waals surface area contributed by atoms with Crippen molar-refractivity contribution in [2.24, 2.45) is 0 Å². The number of rotatable bonds is 70. The second kappa shape index (κ2) is 66.6. The molecule has 0 bridgehead atoms. The molecule has 0 spiro atoms. The Morgan fingerprint density at radius 1 is 0.293 bits per heavy atom. The van der Waals surface area contributed by atoms with Gasteiger partial charge in [-0.25, -0.2) is 9.13 Å². The predicted octanol–water partition coefficient (Wildman–Crippen LogP) is 20.6. The van der Waals surface area contributed by atoms with E-state index < -0.39 is 97.5 Å². The van der Waals surface area contributed by atoms with Gasteiger partial charge in [0.2, 0.25) is 0 Å². The van der Waals surface area contributed by atoms with E-state index in [4.69, 9.17) is 37.0 Å². The van der Waals surface area contributed by atoms with Crippen LogP contribution in [0.3, 0.4) is 0 Å². The standard InChI is InChI=1S/C73H134O17P2/c1-5-9-13-17-21-25-29-33-37-41-45-49-53-57-70(75)83-63-68(89-72(77)59-55-51-47-43-39-35-31-27-23-19-15-11-7-3)65-87-91(79,80)85-61-67(74)62-86-92(81,82)88-66-69(90-73(78)60-56-52-48-44-40-36-32-28-24-20-16-12-8-4)64-84-71(76)58-54-50-46-42-38-34-30-26-22-18-14-10-6-2/h25-32,67-69,74H,5-24,33-66H2,1-4H3,(H,79,80)(H,81,82)/t67?,68-,69-/m1/s1. The topological polar surface area (TPSA) is 237 Å². The summed E-state index contributed by atoms with van der Waals surface area (Å²) in [5.74, 6) is -2.19. The Morgan fingerprint density at radius 3 is 0.750 bits per heavy atom. The first-order valence-electron chi connectivity index (χ1n) is 36.9. The fraction of sp³-hybridized carbons (Fsp3) is 0.836. The molecule has 0 radical (unpaired) electrons. The molecule has 92 heavy (non-hydrogen) atoms. The van der Waals surface area contributed by atoms with Gasteiger partial charge in [0.05, 0.1) is 26.4 Å². The van der Waals surface area contributed by atoms with Crippen LogP contribution >= 0.6 is 15.6 Å². The number of aliphatic hydroxyl groups excluding tert-OH is 1. The van der Waals surface area contributed by atoms with Gasteiger partial charge in [0.1, 0.15) is 19.3 Å². The Bertz CT molecular complexity index is 1810. The fourth-order valence-corrected chi connectivity index (χ4v) is 11.6. The summed E-state index contributed by atoms with van der Waals surface area (Å²) in [4.78, 5) is 72.6. The highest BCUT2D eigenvalue weighted by Crippen LogP contribution is 2.45. The highest BCUT2D eigenvalue weighted by atomic mass is 31.2. The van der Waals surface area contributed by atoms with Crippen molar-refractivity contribution in [2.75, 3.05) is 39.6 Å². The van der Waals surface area contributed by atoms with Crippen LogP contribution in [-0.4, -0.2) is 96.7 Å². The largest absolute Gasteiger partial charge is 0.472 e. The van der Waals surface area contributed by atoms with E-state index in [0.717, 1.165) is 154 Å². The van der Waals surface area contributed by atoms with E-state index in [9.17, 15) is 43.2 Å². The summed E-state index contributed by atoms with van der Waals surface area (Å²) in [6, 6.07) is 0. The number of carbonyl (C=O) groups is 4. The molecule has 0 heterocycles. The molecular formula is C73H134O17P2. The van der Waals surface area contributed by atoms with Gasteiger partial charge in [-0.15, -0.1) is 0 Å².